The van der Waals surface area contributed by atoms with Crippen LogP contribution in [0.4, 0.5) is 5.82 Å². The van der Waals surface area contributed by atoms with Crippen molar-refractivity contribution in [2.45, 2.75) is 6.92 Å². The Kier molecular flexibility index (Phi) is 4.23. The number of nitrogens with one attached hydrogen (secondary N) is 1. The predicted molar refractivity (Wildman–Crippen MR) is 73.5 cm³/mol. The van der Waals surface area contributed by atoms with Crippen LogP contribution in [0.5, 0.6) is 0 Å². The third-order valence-corrected chi connectivity index (χ3v) is 2.78. The van der Waals surface area contributed by atoms with Gasteiger partial charge in [0.15, 0.2) is 16.2 Å². The van der Waals surface area contributed by atoms with Crippen LogP contribution in [0.3, 0.4) is 0 Å². The van der Waals surface area contributed by atoms with E-state index in [1.807, 2.05) is 0 Å². The standard InChI is InChI=1S/C12H12BrN3O4/c1-3-19-12(18)7-6-16(2)15-10(7)14-11(17)8-4-5-9(13)20-8/h4-6H,3H2,1-2H3,(H,14,15,17). The molecule has 0 atom stereocenters. The second kappa shape index (κ2) is 5.91. The summed E-state index contributed by atoms with van der Waals surface area (Å²) in [5.41, 5.74) is 0.188. The Morgan fingerprint density at radius 2 is 2.25 bits per heavy atom. The number of furan rings is 1. The van der Waals surface area contributed by atoms with E-state index in [9.17, 15) is 9.59 Å². The summed E-state index contributed by atoms with van der Waals surface area (Å²) in [4.78, 5) is 23.7. The average molecular weight is 342 g/mol. The lowest BCUT2D eigenvalue weighted by Gasteiger charge is -2.03. The second-order valence-corrected chi connectivity index (χ2v) is 4.62. The highest BCUT2D eigenvalue weighted by molar-refractivity contribution is 9.10. The van der Waals surface area contributed by atoms with Crippen molar-refractivity contribution in [2.75, 3.05) is 11.9 Å². The molecule has 0 unspecified atom stereocenters. The SMILES string of the molecule is CCOC(=O)c1cn(C)nc1NC(=O)c1ccc(Br)o1. The van der Waals surface area contributed by atoms with E-state index in [1.165, 1.54) is 16.9 Å². The molecule has 20 heavy (non-hydrogen) atoms. The molecule has 0 saturated carbocycles. The zero-order valence-corrected chi connectivity index (χ0v) is 12.4. The van der Waals surface area contributed by atoms with Crippen molar-refractivity contribution >= 4 is 33.6 Å². The van der Waals surface area contributed by atoms with E-state index in [2.05, 4.69) is 26.3 Å². The molecule has 1 N–H and O–H groups in total. The monoisotopic (exact) mass is 341 g/mol. The molecule has 2 rings (SSSR count). The Balaban J connectivity index is 2.21. The van der Waals surface area contributed by atoms with Gasteiger partial charge in [-0.1, -0.05) is 0 Å². The Hall–Kier alpha value is -2.09. The summed E-state index contributed by atoms with van der Waals surface area (Å²) in [6.07, 6.45) is 1.48. The van der Waals surface area contributed by atoms with Crippen molar-refractivity contribution in [3.63, 3.8) is 0 Å². The molecular formula is C12H12BrN3O4. The highest BCUT2D eigenvalue weighted by Gasteiger charge is 2.20. The fraction of sp³-hybridized carbons (Fsp3) is 0.250. The van der Waals surface area contributed by atoms with E-state index in [-0.39, 0.29) is 23.7 Å². The first kappa shape index (κ1) is 14.3. The number of hydrogen-bond acceptors (Lipinski definition) is 5. The number of aryl methyl sites for hydroxylation is 1. The highest BCUT2D eigenvalue weighted by atomic mass is 79.9. The van der Waals surface area contributed by atoms with Gasteiger partial charge in [-0.05, 0) is 35.0 Å². The van der Waals surface area contributed by atoms with Crippen LogP contribution in [-0.4, -0.2) is 28.3 Å². The third kappa shape index (κ3) is 3.08. The molecule has 0 fully saturated rings. The summed E-state index contributed by atoms with van der Waals surface area (Å²) in [5.74, 6) is -0.808. The first-order valence-corrected chi connectivity index (χ1v) is 6.58. The van der Waals surface area contributed by atoms with E-state index in [1.54, 1.807) is 20.0 Å². The van der Waals surface area contributed by atoms with Crippen LogP contribution in [0.1, 0.15) is 27.8 Å². The molecule has 2 aromatic rings. The van der Waals surface area contributed by atoms with Crippen LogP contribution in [0.2, 0.25) is 0 Å². The fourth-order valence-electron chi connectivity index (χ4n) is 1.54. The lowest BCUT2D eigenvalue weighted by Crippen LogP contribution is -2.15. The molecule has 8 heteroatoms. The molecule has 0 aliphatic rings. The Morgan fingerprint density at radius 3 is 2.85 bits per heavy atom. The molecule has 2 heterocycles. The van der Waals surface area contributed by atoms with Crippen molar-refractivity contribution in [2.24, 2.45) is 7.05 Å². The smallest absolute Gasteiger partial charge is 0.343 e. The molecule has 0 aliphatic heterocycles. The molecule has 1 amide bonds. The molecular weight excluding hydrogens is 330 g/mol. The second-order valence-electron chi connectivity index (χ2n) is 3.84. The first-order chi connectivity index (χ1) is 9.51. The third-order valence-electron chi connectivity index (χ3n) is 2.35. The number of nitrogens with zero attached hydrogens (tertiary/aromatic N) is 2. The summed E-state index contributed by atoms with van der Waals surface area (Å²) in [6, 6.07) is 3.10. The maximum Gasteiger partial charge on any atom is 0.343 e. The lowest BCUT2D eigenvalue weighted by atomic mass is 10.3. The molecule has 0 radical (unpaired) electrons. The van der Waals surface area contributed by atoms with Gasteiger partial charge in [-0.2, -0.15) is 5.10 Å². The maximum absolute atomic E-state index is 11.9. The lowest BCUT2D eigenvalue weighted by molar-refractivity contribution is 0.0527. The number of ether oxygens (including phenoxy) is 1. The molecule has 0 aromatic carbocycles. The molecule has 0 spiro atoms. The van der Waals surface area contributed by atoms with Crippen molar-refractivity contribution in [3.05, 3.63) is 34.3 Å². The van der Waals surface area contributed by atoms with E-state index < -0.39 is 11.9 Å². The van der Waals surface area contributed by atoms with Gasteiger partial charge in [-0.3, -0.25) is 9.48 Å². The number of carbonyl (C=O) groups is 2. The largest absolute Gasteiger partial charge is 0.462 e. The molecule has 0 bridgehead atoms. The number of amides is 1. The minimum absolute atomic E-state index is 0.109. The summed E-state index contributed by atoms with van der Waals surface area (Å²) in [6.45, 7) is 1.94. The molecule has 106 valence electrons. The summed E-state index contributed by atoms with van der Waals surface area (Å²) in [5, 5.41) is 6.53. The van der Waals surface area contributed by atoms with Gasteiger partial charge in [0.25, 0.3) is 5.91 Å². The van der Waals surface area contributed by atoms with Crippen LogP contribution < -0.4 is 5.32 Å². The highest BCUT2D eigenvalue weighted by Crippen LogP contribution is 2.18. The van der Waals surface area contributed by atoms with Gasteiger partial charge in [0.05, 0.1) is 6.61 Å². The zero-order chi connectivity index (χ0) is 14.7. The predicted octanol–water partition coefficient (Wildman–Crippen LogP) is 2.20. The number of esters is 1. The van der Waals surface area contributed by atoms with E-state index in [0.717, 1.165) is 0 Å². The van der Waals surface area contributed by atoms with Crippen molar-refractivity contribution < 1.29 is 18.7 Å². The molecule has 0 aliphatic carbocycles. The van der Waals surface area contributed by atoms with E-state index >= 15 is 0 Å². The Labute approximate surface area is 123 Å². The summed E-state index contributed by atoms with van der Waals surface area (Å²) < 4.78 is 11.9. The van der Waals surface area contributed by atoms with E-state index in [4.69, 9.17) is 9.15 Å². The van der Waals surface area contributed by atoms with Gasteiger partial charge in [-0.25, -0.2) is 4.79 Å². The van der Waals surface area contributed by atoms with E-state index in [0.29, 0.717) is 4.67 Å². The van der Waals surface area contributed by atoms with Crippen LogP contribution in [-0.2, 0) is 11.8 Å². The van der Waals surface area contributed by atoms with Gasteiger partial charge in [0, 0.05) is 13.2 Å². The summed E-state index contributed by atoms with van der Waals surface area (Å²) >= 11 is 3.11. The van der Waals surface area contributed by atoms with Crippen LogP contribution in [0, 0.1) is 0 Å². The summed E-state index contributed by atoms with van der Waals surface area (Å²) in [7, 11) is 1.64. The number of hydrogen-bond donors (Lipinski definition) is 1. The van der Waals surface area contributed by atoms with Gasteiger partial charge >= 0.3 is 5.97 Å². The normalized spacial score (nSPS) is 10.3. The number of aromatic nitrogens is 2. The molecule has 2 aromatic heterocycles. The number of anilines is 1. The van der Waals surface area contributed by atoms with Crippen LogP contribution in [0.15, 0.2) is 27.4 Å². The zero-order valence-electron chi connectivity index (χ0n) is 10.8. The first-order valence-electron chi connectivity index (χ1n) is 5.78. The number of rotatable bonds is 4. The van der Waals surface area contributed by atoms with Gasteiger partial charge in [0.2, 0.25) is 0 Å². The Morgan fingerprint density at radius 1 is 1.50 bits per heavy atom. The van der Waals surface area contributed by atoms with Crippen molar-refractivity contribution in [1.82, 2.24) is 9.78 Å². The molecule has 0 saturated heterocycles. The number of carbonyl (C=O) groups excluding carboxylic acids is 2. The van der Waals surface area contributed by atoms with Crippen LogP contribution >= 0.6 is 15.9 Å². The Bertz CT molecular complexity index is 647. The minimum atomic E-state index is -0.545. The quantitative estimate of drug-likeness (QED) is 0.861. The fourth-order valence-corrected chi connectivity index (χ4v) is 1.85. The minimum Gasteiger partial charge on any atom is -0.462 e. The average Bonchev–Trinajstić information content (AvgIpc) is 2.96. The topological polar surface area (TPSA) is 86.4 Å². The molecule has 7 nitrogen and oxygen atoms in total. The number of halogens is 1. The van der Waals surface area contributed by atoms with Crippen molar-refractivity contribution in [3.8, 4) is 0 Å². The van der Waals surface area contributed by atoms with Crippen LogP contribution in [0.25, 0.3) is 0 Å². The maximum atomic E-state index is 11.9. The van der Waals surface area contributed by atoms with Gasteiger partial charge in [0.1, 0.15) is 5.56 Å². The van der Waals surface area contributed by atoms with Crippen molar-refractivity contribution in [1.29, 1.82) is 0 Å². The van der Waals surface area contributed by atoms with Gasteiger partial charge < -0.3 is 14.5 Å². The van der Waals surface area contributed by atoms with Gasteiger partial charge in [-0.15, -0.1) is 0 Å².